The van der Waals surface area contributed by atoms with Crippen LogP contribution < -0.4 is 0 Å². The molecule has 1 aliphatic rings. The van der Waals surface area contributed by atoms with E-state index in [1.54, 1.807) is 5.57 Å². The van der Waals surface area contributed by atoms with Gasteiger partial charge in [0.05, 0.1) is 0 Å². The second-order valence-corrected chi connectivity index (χ2v) is 8.95. The predicted molar refractivity (Wildman–Crippen MR) is 129 cm³/mol. The van der Waals surface area contributed by atoms with Gasteiger partial charge < -0.3 is 0 Å². The highest BCUT2D eigenvalue weighted by atomic mass is 14.2. The molecule has 2 aromatic rings. The van der Waals surface area contributed by atoms with E-state index in [0.29, 0.717) is 0 Å². The zero-order chi connectivity index (χ0) is 20.3. The first-order valence-electron chi connectivity index (χ1n) is 12.2. The molecule has 1 unspecified atom stereocenters. The van der Waals surface area contributed by atoms with Gasteiger partial charge in [0.1, 0.15) is 0 Å². The lowest BCUT2D eigenvalue weighted by Gasteiger charge is -2.22. The minimum absolute atomic E-state index is 0.922. The van der Waals surface area contributed by atoms with Gasteiger partial charge in [0.15, 0.2) is 0 Å². The van der Waals surface area contributed by atoms with E-state index in [4.69, 9.17) is 0 Å². The van der Waals surface area contributed by atoms with Gasteiger partial charge >= 0.3 is 0 Å². The first kappa shape index (κ1) is 21.9. The standard InChI is InChI=1S/C29H40/c1-3-5-7-9-11-25-14-18-27(19-15-25)29-22-20-28(21-23-29)26-16-12-24(13-17-26)10-8-6-4-2/h12-13,16-18,20-23,25H,3-11,14-15,19H2,1-2H3. The molecular formula is C29H40. The summed E-state index contributed by atoms with van der Waals surface area (Å²) in [5.41, 5.74) is 7.12. The maximum atomic E-state index is 2.52. The van der Waals surface area contributed by atoms with Crippen molar-refractivity contribution in [2.45, 2.75) is 90.9 Å². The lowest BCUT2D eigenvalue weighted by Crippen LogP contribution is -2.05. The number of benzene rings is 2. The lowest BCUT2D eigenvalue weighted by molar-refractivity contribution is 0.425. The Balaban J connectivity index is 1.53. The summed E-state index contributed by atoms with van der Waals surface area (Å²) < 4.78 is 0. The SMILES string of the molecule is CCCCCCC1CC=C(c2ccc(-c3ccc(CCCCC)cc3)cc2)CC1. The number of allylic oxidation sites excluding steroid dienone is 2. The minimum Gasteiger partial charge on any atom is -0.0804 e. The quantitative estimate of drug-likeness (QED) is 0.336. The third-order valence-electron chi connectivity index (χ3n) is 6.60. The van der Waals surface area contributed by atoms with E-state index in [-0.39, 0.29) is 0 Å². The van der Waals surface area contributed by atoms with Crippen molar-refractivity contribution in [1.29, 1.82) is 0 Å². The molecule has 0 heterocycles. The molecule has 0 bridgehead atoms. The van der Waals surface area contributed by atoms with Crippen LogP contribution in [0.15, 0.2) is 54.6 Å². The monoisotopic (exact) mass is 388 g/mol. The van der Waals surface area contributed by atoms with Gasteiger partial charge in [-0.2, -0.15) is 0 Å². The summed E-state index contributed by atoms with van der Waals surface area (Å²) >= 11 is 0. The van der Waals surface area contributed by atoms with Gasteiger partial charge in [-0.3, -0.25) is 0 Å². The van der Waals surface area contributed by atoms with Crippen molar-refractivity contribution < 1.29 is 0 Å². The van der Waals surface area contributed by atoms with E-state index < -0.39 is 0 Å². The van der Waals surface area contributed by atoms with Crippen LogP contribution in [0.5, 0.6) is 0 Å². The van der Waals surface area contributed by atoms with Crippen molar-refractivity contribution >= 4 is 5.57 Å². The van der Waals surface area contributed by atoms with Crippen LogP contribution in [-0.4, -0.2) is 0 Å². The van der Waals surface area contributed by atoms with Crippen LogP contribution >= 0.6 is 0 Å². The maximum Gasteiger partial charge on any atom is -0.0184 e. The molecule has 0 fully saturated rings. The third kappa shape index (κ3) is 6.88. The molecule has 0 aliphatic heterocycles. The Kier molecular flexibility index (Phi) is 9.06. The summed E-state index contributed by atoms with van der Waals surface area (Å²) in [6.45, 7) is 4.56. The number of unbranched alkanes of at least 4 members (excludes halogenated alkanes) is 5. The zero-order valence-electron chi connectivity index (χ0n) is 18.8. The van der Waals surface area contributed by atoms with Crippen molar-refractivity contribution in [3.63, 3.8) is 0 Å². The Morgan fingerprint density at radius 3 is 1.93 bits per heavy atom. The van der Waals surface area contributed by atoms with Gasteiger partial charge in [-0.15, -0.1) is 0 Å². The van der Waals surface area contributed by atoms with Crippen molar-refractivity contribution in [2.75, 3.05) is 0 Å². The van der Waals surface area contributed by atoms with Gasteiger partial charge in [0.25, 0.3) is 0 Å². The van der Waals surface area contributed by atoms with Crippen molar-refractivity contribution in [3.8, 4) is 11.1 Å². The summed E-state index contributed by atoms with van der Waals surface area (Å²) in [6.07, 6.45) is 18.6. The average molecular weight is 389 g/mol. The van der Waals surface area contributed by atoms with Gasteiger partial charge in [0, 0.05) is 0 Å². The normalized spacial score (nSPS) is 16.6. The second-order valence-electron chi connectivity index (χ2n) is 8.95. The van der Waals surface area contributed by atoms with Crippen molar-refractivity contribution in [1.82, 2.24) is 0 Å². The molecule has 3 rings (SSSR count). The summed E-state index contributed by atoms with van der Waals surface area (Å²) in [7, 11) is 0. The molecule has 29 heavy (non-hydrogen) atoms. The number of aryl methyl sites for hydroxylation is 1. The molecule has 0 spiro atoms. The lowest BCUT2D eigenvalue weighted by atomic mass is 9.83. The van der Waals surface area contributed by atoms with E-state index in [0.717, 1.165) is 5.92 Å². The first-order chi connectivity index (χ1) is 14.3. The van der Waals surface area contributed by atoms with Gasteiger partial charge in [-0.1, -0.05) is 113 Å². The number of rotatable bonds is 11. The van der Waals surface area contributed by atoms with Gasteiger partial charge in [-0.25, -0.2) is 0 Å². The Morgan fingerprint density at radius 2 is 1.31 bits per heavy atom. The van der Waals surface area contributed by atoms with Crippen LogP contribution in [0.1, 0.15) is 95.6 Å². The summed E-state index contributed by atoms with van der Waals surface area (Å²) in [5.74, 6) is 0.922. The maximum absolute atomic E-state index is 2.52. The fourth-order valence-electron chi connectivity index (χ4n) is 4.59. The number of hydrogen-bond donors (Lipinski definition) is 0. The van der Waals surface area contributed by atoms with E-state index in [1.165, 1.54) is 99.3 Å². The molecule has 0 nitrogen and oxygen atoms in total. The molecule has 0 radical (unpaired) electrons. The Labute approximate surface area is 179 Å². The van der Waals surface area contributed by atoms with Crippen molar-refractivity contribution in [2.24, 2.45) is 5.92 Å². The molecule has 0 aromatic heterocycles. The average Bonchev–Trinajstić information content (AvgIpc) is 2.78. The van der Waals surface area contributed by atoms with E-state index in [9.17, 15) is 0 Å². The highest BCUT2D eigenvalue weighted by Gasteiger charge is 2.15. The zero-order valence-corrected chi connectivity index (χ0v) is 18.8. The van der Waals surface area contributed by atoms with Crippen LogP contribution in [0, 0.1) is 5.92 Å². The molecule has 1 atom stereocenters. The third-order valence-corrected chi connectivity index (χ3v) is 6.60. The molecule has 0 saturated carbocycles. The van der Waals surface area contributed by atoms with Crippen LogP contribution in [-0.2, 0) is 6.42 Å². The molecule has 0 saturated heterocycles. The largest absolute Gasteiger partial charge is 0.0804 e. The fraction of sp³-hybridized carbons (Fsp3) is 0.517. The van der Waals surface area contributed by atoms with Gasteiger partial charge in [0.2, 0.25) is 0 Å². The molecule has 156 valence electrons. The molecule has 0 N–H and O–H groups in total. The molecule has 0 heteroatoms. The van der Waals surface area contributed by atoms with Crippen LogP contribution in [0.2, 0.25) is 0 Å². The van der Waals surface area contributed by atoms with E-state index in [1.807, 2.05) is 0 Å². The first-order valence-corrected chi connectivity index (χ1v) is 12.2. The minimum atomic E-state index is 0.922. The number of hydrogen-bond acceptors (Lipinski definition) is 0. The summed E-state index contributed by atoms with van der Waals surface area (Å²) in [5, 5.41) is 0. The molecule has 1 aliphatic carbocycles. The predicted octanol–water partition coefficient (Wildman–Crippen LogP) is 9.24. The fourth-order valence-corrected chi connectivity index (χ4v) is 4.59. The van der Waals surface area contributed by atoms with Crippen LogP contribution in [0.3, 0.4) is 0 Å². The topological polar surface area (TPSA) is 0 Å². The highest BCUT2D eigenvalue weighted by molar-refractivity contribution is 5.71. The summed E-state index contributed by atoms with van der Waals surface area (Å²) in [6, 6.07) is 18.5. The molecule has 2 aromatic carbocycles. The second kappa shape index (κ2) is 12.0. The Hall–Kier alpha value is -1.82. The smallest absolute Gasteiger partial charge is 0.0184 e. The van der Waals surface area contributed by atoms with E-state index >= 15 is 0 Å². The summed E-state index contributed by atoms with van der Waals surface area (Å²) in [4.78, 5) is 0. The molecule has 0 amide bonds. The van der Waals surface area contributed by atoms with Crippen molar-refractivity contribution in [3.05, 3.63) is 65.7 Å². The molecular weight excluding hydrogens is 348 g/mol. The highest BCUT2D eigenvalue weighted by Crippen LogP contribution is 2.33. The van der Waals surface area contributed by atoms with Crippen LogP contribution in [0.25, 0.3) is 16.7 Å². The Bertz CT molecular complexity index is 733. The van der Waals surface area contributed by atoms with Gasteiger partial charge in [-0.05, 0) is 65.8 Å². The van der Waals surface area contributed by atoms with Crippen LogP contribution in [0.4, 0.5) is 0 Å². The Morgan fingerprint density at radius 1 is 0.690 bits per heavy atom. The van der Waals surface area contributed by atoms with E-state index in [2.05, 4.69) is 68.5 Å².